The topological polar surface area (TPSA) is 3.24 Å². The molecular formula is C15H29N. The maximum atomic E-state index is 2.78. The monoisotopic (exact) mass is 223 g/mol. The van der Waals surface area contributed by atoms with Crippen LogP contribution < -0.4 is 0 Å². The van der Waals surface area contributed by atoms with Crippen LogP contribution in [-0.2, 0) is 0 Å². The first-order valence-electron chi connectivity index (χ1n) is 7.50. The molecule has 0 saturated carbocycles. The molecule has 0 aromatic heterocycles. The highest BCUT2D eigenvalue weighted by Crippen LogP contribution is 2.44. The fourth-order valence-electron chi connectivity index (χ4n) is 3.86. The van der Waals surface area contributed by atoms with E-state index >= 15 is 0 Å². The molecule has 0 N–H and O–H groups in total. The molecule has 0 amide bonds. The summed E-state index contributed by atoms with van der Waals surface area (Å²) in [6.45, 7) is 7.64. The second-order valence-electron chi connectivity index (χ2n) is 6.26. The zero-order valence-corrected chi connectivity index (χ0v) is 11.3. The lowest BCUT2D eigenvalue weighted by atomic mass is 9.75. The lowest BCUT2D eigenvalue weighted by Gasteiger charge is -2.38. The fraction of sp³-hybridized carbons (Fsp3) is 1.00. The Morgan fingerprint density at radius 3 is 2.81 bits per heavy atom. The molecule has 1 heteroatoms. The van der Waals surface area contributed by atoms with Crippen molar-refractivity contribution in [2.24, 2.45) is 5.41 Å². The summed E-state index contributed by atoms with van der Waals surface area (Å²) >= 11 is 0. The van der Waals surface area contributed by atoms with Gasteiger partial charge < -0.3 is 0 Å². The van der Waals surface area contributed by atoms with E-state index in [1.807, 2.05) is 0 Å². The van der Waals surface area contributed by atoms with Crippen LogP contribution >= 0.6 is 0 Å². The van der Waals surface area contributed by atoms with Crippen LogP contribution in [0, 0.1) is 5.41 Å². The van der Waals surface area contributed by atoms with Crippen molar-refractivity contribution in [1.82, 2.24) is 4.90 Å². The average molecular weight is 223 g/mol. The van der Waals surface area contributed by atoms with Gasteiger partial charge in [0.15, 0.2) is 0 Å². The third kappa shape index (κ3) is 2.61. The summed E-state index contributed by atoms with van der Waals surface area (Å²) < 4.78 is 0. The number of nitrogens with zero attached hydrogens (tertiary/aromatic N) is 1. The second kappa shape index (κ2) is 5.53. The van der Waals surface area contributed by atoms with Gasteiger partial charge >= 0.3 is 0 Å². The third-order valence-corrected chi connectivity index (χ3v) is 4.99. The SMILES string of the molecule is CCCCCCC1(C)CCN2CCCCC21. The molecule has 16 heavy (non-hydrogen) atoms. The molecule has 0 aliphatic carbocycles. The van der Waals surface area contributed by atoms with Gasteiger partial charge in [-0.1, -0.05) is 46.0 Å². The number of piperidine rings is 1. The molecule has 2 rings (SSSR count). The summed E-state index contributed by atoms with van der Waals surface area (Å²) in [6, 6.07) is 0.933. The quantitative estimate of drug-likeness (QED) is 0.631. The molecule has 0 radical (unpaired) electrons. The van der Waals surface area contributed by atoms with Crippen LogP contribution in [0.2, 0.25) is 0 Å². The molecule has 94 valence electrons. The number of hydrogen-bond acceptors (Lipinski definition) is 1. The summed E-state index contributed by atoms with van der Waals surface area (Å²) in [4.78, 5) is 2.78. The Labute approximate surface area is 102 Å². The standard InChI is InChI=1S/C15H29N/c1-3-4-5-7-10-15(2)11-13-16-12-8-6-9-14(15)16/h14H,3-13H2,1-2H3. The van der Waals surface area contributed by atoms with E-state index < -0.39 is 0 Å². The Morgan fingerprint density at radius 2 is 2.00 bits per heavy atom. The largest absolute Gasteiger partial charge is 0.300 e. The van der Waals surface area contributed by atoms with Crippen molar-refractivity contribution >= 4 is 0 Å². The first-order chi connectivity index (χ1) is 7.76. The molecule has 2 saturated heterocycles. The molecule has 2 fully saturated rings. The number of fused-ring (bicyclic) bond motifs is 1. The Bertz CT molecular complexity index is 213. The van der Waals surface area contributed by atoms with Gasteiger partial charge in [-0.05, 0) is 44.2 Å². The van der Waals surface area contributed by atoms with Gasteiger partial charge in [0.1, 0.15) is 0 Å². The summed E-state index contributed by atoms with van der Waals surface area (Å²) in [5.74, 6) is 0. The van der Waals surface area contributed by atoms with Crippen molar-refractivity contribution in [3.8, 4) is 0 Å². The van der Waals surface area contributed by atoms with E-state index in [0.29, 0.717) is 5.41 Å². The first kappa shape index (κ1) is 12.4. The van der Waals surface area contributed by atoms with Crippen molar-refractivity contribution < 1.29 is 0 Å². The van der Waals surface area contributed by atoms with E-state index in [4.69, 9.17) is 0 Å². The zero-order chi connectivity index (χ0) is 11.4. The van der Waals surface area contributed by atoms with E-state index in [1.165, 1.54) is 70.9 Å². The van der Waals surface area contributed by atoms with Crippen LogP contribution in [0.1, 0.15) is 71.6 Å². The van der Waals surface area contributed by atoms with Crippen molar-refractivity contribution in [2.75, 3.05) is 13.1 Å². The normalized spacial score (nSPS) is 35.2. The Balaban J connectivity index is 1.81. The lowest BCUT2D eigenvalue weighted by Crippen LogP contribution is -2.41. The van der Waals surface area contributed by atoms with Crippen LogP contribution in [0.3, 0.4) is 0 Å². The molecule has 0 aromatic carbocycles. The first-order valence-corrected chi connectivity index (χ1v) is 7.50. The van der Waals surface area contributed by atoms with E-state index in [2.05, 4.69) is 18.7 Å². The summed E-state index contributed by atoms with van der Waals surface area (Å²) in [6.07, 6.45) is 13.1. The minimum Gasteiger partial charge on any atom is -0.300 e. The Morgan fingerprint density at radius 1 is 1.12 bits per heavy atom. The van der Waals surface area contributed by atoms with E-state index in [1.54, 1.807) is 0 Å². The minimum absolute atomic E-state index is 0.661. The zero-order valence-electron chi connectivity index (χ0n) is 11.3. The van der Waals surface area contributed by atoms with Gasteiger partial charge in [0.25, 0.3) is 0 Å². The molecule has 0 spiro atoms. The summed E-state index contributed by atoms with van der Waals surface area (Å²) in [7, 11) is 0. The van der Waals surface area contributed by atoms with Crippen LogP contribution in [0.4, 0.5) is 0 Å². The van der Waals surface area contributed by atoms with Gasteiger partial charge in [0, 0.05) is 6.04 Å². The van der Waals surface area contributed by atoms with Crippen LogP contribution in [0.25, 0.3) is 0 Å². The molecule has 0 aromatic rings. The molecular weight excluding hydrogens is 194 g/mol. The Kier molecular flexibility index (Phi) is 4.29. The van der Waals surface area contributed by atoms with Gasteiger partial charge in [-0.3, -0.25) is 4.90 Å². The molecule has 0 bridgehead atoms. The van der Waals surface area contributed by atoms with E-state index in [9.17, 15) is 0 Å². The van der Waals surface area contributed by atoms with Crippen molar-refractivity contribution in [3.05, 3.63) is 0 Å². The minimum atomic E-state index is 0.661. The highest BCUT2D eigenvalue weighted by Gasteiger charge is 2.43. The van der Waals surface area contributed by atoms with Crippen LogP contribution in [0.15, 0.2) is 0 Å². The van der Waals surface area contributed by atoms with Gasteiger partial charge in [-0.25, -0.2) is 0 Å². The van der Waals surface area contributed by atoms with Gasteiger partial charge in [0.2, 0.25) is 0 Å². The van der Waals surface area contributed by atoms with Crippen molar-refractivity contribution in [1.29, 1.82) is 0 Å². The smallest absolute Gasteiger partial charge is 0.0149 e. The van der Waals surface area contributed by atoms with Crippen molar-refractivity contribution in [2.45, 2.75) is 77.7 Å². The van der Waals surface area contributed by atoms with E-state index in [0.717, 1.165) is 6.04 Å². The third-order valence-electron chi connectivity index (χ3n) is 4.99. The van der Waals surface area contributed by atoms with Gasteiger partial charge in [-0.15, -0.1) is 0 Å². The summed E-state index contributed by atoms with van der Waals surface area (Å²) in [5.41, 5.74) is 0.661. The molecule has 2 atom stereocenters. The molecule has 2 aliphatic heterocycles. The Hall–Kier alpha value is -0.0400. The maximum Gasteiger partial charge on any atom is 0.0149 e. The number of rotatable bonds is 5. The fourth-order valence-corrected chi connectivity index (χ4v) is 3.86. The molecule has 2 aliphatic rings. The molecule has 2 heterocycles. The van der Waals surface area contributed by atoms with Gasteiger partial charge in [0.05, 0.1) is 0 Å². The second-order valence-corrected chi connectivity index (χ2v) is 6.26. The average Bonchev–Trinajstić information content (AvgIpc) is 2.64. The lowest BCUT2D eigenvalue weighted by molar-refractivity contribution is 0.115. The number of unbranched alkanes of at least 4 members (excludes halogenated alkanes) is 3. The molecule has 2 unspecified atom stereocenters. The van der Waals surface area contributed by atoms with Crippen LogP contribution in [0.5, 0.6) is 0 Å². The number of hydrogen-bond donors (Lipinski definition) is 0. The highest BCUT2D eigenvalue weighted by atomic mass is 15.2. The molecule has 1 nitrogen and oxygen atoms in total. The predicted molar refractivity (Wildman–Crippen MR) is 70.7 cm³/mol. The van der Waals surface area contributed by atoms with E-state index in [-0.39, 0.29) is 0 Å². The summed E-state index contributed by atoms with van der Waals surface area (Å²) in [5, 5.41) is 0. The highest BCUT2D eigenvalue weighted by molar-refractivity contribution is 4.97. The predicted octanol–water partition coefficient (Wildman–Crippen LogP) is 4.22. The van der Waals surface area contributed by atoms with Crippen molar-refractivity contribution in [3.63, 3.8) is 0 Å². The van der Waals surface area contributed by atoms with Gasteiger partial charge in [-0.2, -0.15) is 0 Å². The van der Waals surface area contributed by atoms with Crippen LogP contribution in [-0.4, -0.2) is 24.0 Å². The maximum absolute atomic E-state index is 2.78.